The van der Waals surface area contributed by atoms with Crippen molar-refractivity contribution < 1.29 is 4.79 Å². The molecule has 3 aliphatic heterocycles. The van der Waals surface area contributed by atoms with Crippen LogP contribution in [0.25, 0.3) is 0 Å². The largest absolute Gasteiger partial charge is 0.350 e. The van der Waals surface area contributed by atoms with Gasteiger partial charge < -0.3 is 5.32 Å². The van der Waals surface area contributed by atoms with Gasteiger partial charge in [-0.1, -0.05) is 74.0 Å². The van der Waals surface area contributed by atoms with E-state index in [2.05, 4.69) is 91.8 Å². The molecule has 1 saturated carbocycles. The van der Waals surface area contributed by atoms with Crippen LogP contribution < -0.4 is 5.32 Å². The highest BCUT2D eigenvalue weighted by atomic mass is 16.2. The van der Waals surface area contributed by atoms with E-state index in [0.717, 1.165) is 31.5 Å². The van der Waals surface area contributed by atoms with Gasteiger partial charge in [-0.15, -0.1) is 0 Å². The van der Waals surface area contributed by atoms with E-state index >= 15 is 0 Å². The van der Waals surface area contributed by atoms with Crippen LogP contribution in [-0.2, 0) is 17.8 Å². The van der Waals surface area contributed by atoms with Gasteiger partial charge in [-0.2, -0.15) is 0 Å². The smallest absolute Gasteiger partial charge is 0.248 e. The quantitative estimate of drug-likeness (QED) is 0.714. The van der Waals surface area contributed by atoms with E-state index < -0.39 is 5.54 Å². The Bertz CT molecular complexity index is 983. The normalized spacial score (nSPS) is 30.8. The highest BCUT2D eigenvalue weighted by Crippen LogP contribution is 2.54. The first kappa shape index (κ1) is 21.4. The minimum atomic E-state index is -0.656. The maximum absolute atomic E-state index is 13.8. The molecular weight excluding hydrogens is 394 g/mol. The molecule has 0 radical (unpaired) electrons. The summed E-state index contributed by atoms with van der Waals surface area (Å²) in [6, 6.07) is 19.5. The molecule has 4 nitrogen and oxygen atoms in total. The second kappa shape index (κ2) is 8.47. The summed E-state index contributed by atoms with van der Waals surface area (Å²) in [7, 11) is 0. The summed E-state index contributed by atoms with van der Waals surface area (Å²) in [5.41, 5.74) is 3.02. The Labute approximate surface area is 192 Å². The van der Waals surface area contributed by atoms with Crippen molar-refractivity contribution in [2.75, 3.05) is 13.1 Å². The molecule has 2 aromatic carbocycles. The molecule has 0 aromatic heterocycles. The van der Waals surface area contributed by atoms with Gasteiger partial charge in [0.2, 0.25) is 5.91 Å². The summed E-state index contributed by atoms with van der Waals surface area (Å²) in [6.45, 7) is 9.43. The molecule has 5 unspecified atom stereocenters. The van der Waals surface area contributed by atoms with E-state index in [4.69, 9.17) is 4.99 Å². The second-order valence-electron chi connectivity index (χ2n) is 10.5. The molecule has 4 bridgehead atoms. The van der Waals surface area contributed by atoms with Gasteiger partial charge in [-0.05, 0) is 42.7 Å². The number of carbonyl (C=O) groups excluding carboxylic acids is 1. The van der Waals surface area contributed by atoms with Crippen molar-refractivity contribution >= 4 is 12.1 Å². The van der Waals surface area contributed by atoms with Gasteiger partial charge in [0, 0.05) is 43.7 Å². The lowest BCUT2D eigenvalue weighted by atomic mass is 9.59. The standard InChI is InChI=1S/C28H35N3O/c1-19(2)17-31-18-23-14-28(27(32)29-15-22-11-9-20(3)10-12-22)25(26(31)24(23)16-30-28)13-21-7-5-4-6-8-21/h4-12,16,19,23-26H,13-15,17-18H2,1-3H3,(H,29,32). The number of hydrogen-bond acceptors (Lipinski definition) is 3. The fourth-order valence-electron chi connectivity index (χ4n) is 6.39. The lowest BCUT2D eigenvalue weighted by Gasteiger charge is -2.51. The summed E-state index contributed by atoms with van der Waals surface area (Å²) in [6.07, 6.45) is 3.92. The van der Waals surface area contributed by atoms with E-state index in [0.29, 0.717) is 30.3 Å². The number of aliphatic imine (C=N–C) groups is 1. The molecule has 2 aromatic rings. The van der Waals surface area contributed by atoms with Gasteiger partial charge in [-0.25, -0.2) is 0 Å². The molecule has 1 N–H and O–H groups in total. The van der Waals surface area contributed by atoms with Crippen LogP contribution in [0, 0.1) is 30.6 Å². The van der Waals surface area contributed by atoms with Crippen LogP contribution in [0.4, 0.5) is 0 Å². The van der Waals surface area contributed by atoms with Gasteiger partial charge in [0.1, 0.15) is 5.54 Å². The van der Waals surface area contributed by atoms with Crippen LogP contribution >= 0.6 is 0 Å². The molecule has 32 heavy (non-hydrogen) atoms. The maximum Gasteiger partial charge on any atom is 0.248 e. The first-order valence-electron chi connectivity index (χ1n) is 12.1. The number of likely N-dealkylation sites (tertiary alicyclic amines) is 1. The highest BCUT2D eigenvalue weighted by Gasteiger charge is 2.63. The molecule has 4 aliphatic rings. The lowest BCUT2D eigenvalue weighted by molar-refractivity contribution is -0.132. The predicted molar refractivity (Wildman–Crippen MR) is 130 cm³/mol. The molecule has 168 valence electrons. The average Bonchev–Trinajstić information content (AvgIpc) is 3.08. The predicted octanol–water partition coefficient (Wildman–Crippen LogP) is 4.27. The van der Waals surface area contributed by atoms with Crippen LogP contribution in [0.3, 0.4) is 0 Å². The third-order valence-corrected chi connectivity index (χ3v) is 7.77. The number of aryl methyl sites for hydroxylation is 1. The van der Waals surface area contributed by atoms with Crippen molar-refractivity contribution in [1.29, 1.82) is 0 Å². The highest BCUT2D eigenvalue weighted by molar-refractivity contribution is 5.91. The third kappa shape index (κ3) is 3.79. The van der Waals surface area contributed by atoms with Gasteiger partial charge in [-0.3, -0.25) is 14.7 Å². The lowest BCUT2D eigenvalue weighted by Crippen LogP contribution is -2.64. The molecule has 1 amide bonds. The summed E-state index contributed by atoms with van der Waals surface area (Å²) < 4.78 is 0. The van der Waals surface area contributed by atoms with Gasteiger partial charge in [0.15, 0.2) is 0 Å². The Morgan fingerprint density at radius 1 is 1.12 bits per heavy atom. The number of hydrogen-bond donors (Lipinski definition) is 1. The van der Waals surface area contributed by atoms with Crippen molar-refractivity contribution in [1.82, 2.24) is 10.2 Å². The Morgan fingerprint density at radius 2 is 1.88 bits per heavy atom. The van der Waals surface area contributed by atoms with E-state index in [9.17, 15) is 4.79 Å². The van der Waals surface area contributed by atoms with Crippen LogP contribution in [-0.4, -0.2) is 41.7 Å². The topological polar surface area (TPSA) is 44.7 Å². The maximum atomic E-state index is 13.8. The SMILES string of the molecule is Cc1ccc(CNC(=O)C23CC4CN(CC(C)C)C(C4C=N2)C3Cc2ccccc2)cc1. The van der Waals surface area contributed by atoms with Crippen LogP contribution in [0.1, 0.15) is 37.0 Å². The number of carbonyl (C=O) groups is 1. The molecule has 3 heterocycles. The van der Waals surface area contributed by atoms with E-state index in [1.54, 1.807) is 0 Å². The summed E-state index contributed by atoms with van der Waals surface area (Å²) >= 11 is 0. The van der Waals surface area contributed by atoms with Crippen molar-refractivity contribution in [3.63, 3.8) is 0 Å². The van der Waals surface area contributed by atoms with Crippen LogP contribution in [0.2, 0.25) is 0 Å². The molecule has 6 rings (SSSR count). The first-order valence-corrected chi connectivity index (χ1v) is 12.1. The first-order chi connectivity index (χ1) is 15.5. The van der Waals surface area contributed by atoms with Gasteiger partial charge in [0.25, 0.3) is 0 Å². The number of nitrogens with zero attached hydrogens (tertiary/aromatic N) is 2. The minimum absolute atomic E-state index is 0.106. The van der Waals surface area contributed by atoms with E-state index in [1.807, 2.05) is 0 Å². The Hall–Kier alpha value is -2.46. The average molecular weight is 430 g/mol. The summed E-state index contributed by atoms with van der Waals surface area (Å²) in [5, 5.41) is 3.27. The zero-order valence-electron chi connectivity index (χ0n) is 19.5. The van der Waals surface area contributed by atoms with Crippen molar-refractivity contribution in [2.45, 2.75) is 51.7 Å². The van der Waals surface area contributed by atoms with Crippen molar-refractivity contribution in [3.8, 4) is 0 Å². The Kier molecular flexibility index (Phi) is 5.66. The zero-order valence-corrected chi connectivity index (χ0v) is 19.5. The number of nitrogens with one attached hydrogen (secondary N) is 1. The van der Waals surface area contributed by atoms with E-state index in [-0.39, 0.29) is 11.8 Å². The van der Waals surface area contributed by atoms with Crippen LogP contribution in [0.15, 0.2) is 59.6 Å². The Morgan fingerprint density at radius 3 is 2.59 bits per heavy atom. The van der Waals surface area contributed by atoms with Gasteiger partial charge in [0.05, 0.1) is 0 Å². The zero-order chi connectivity index (χ0) is 22.3. The third-order valence-electron chi connectivity index (χ3n) is 7.77. The molecular formula is C28H35N3O. The number of benzene rings is 2. The fraction of sp³-hybridized carbons (Fsp3) is 0.500. The molecule has 0 spiro atoms. The number of rotatable bonds is 7. The van der Waals surface area contributed by atoms with Gasteiger partial charge >= 0.3 is 0 Å². The van der Waals surface area contributed by atoms with Crippen molar-refractivity contribution in [3.05, 3.63) is 71.3 Å². The molecule has 1 saturated heterocycles. The second-order valence-corrected chi connectivity index (χ2v) is 10.5. The van der Waals surface area contributed by atoms with Crippen molar-refractivity contribution in [2.24, 2.45) is 28.7 Å². The number of amides is 1. The monoisotopic (exact) mass is 429 g/mol. The molecule has 5 atom stereocenters. The minimum Gasteiger partial charge on any atom is -0.350 e. The summed E-state index contributed by atoms with van der Waals surface area (Å²) in [4.78, 5) is 21.5. The molecule has 1 aliphatic carbocycles. The fourth-order valence-corrected chi connectivity index (χ4v) is 6.39. The molecule has 2 fully saturated rings. The van der Waals surface area contributed by atoms with Crippen LogP contribution in [0.5, 0.6) is 0 Å². The Balaban J connectivity index is 1.44. The molecule has 4 heteroatoms. The van der Waals surface area contributed by atoms with E-state index in [1.165, 1.54) is 11.1 Å². The summed E-state index contributed by atoms with van der Waals surface area (Å²) in [5.74, 6) is 1.95.